The molecule has 0 amide bonds. The smallest absolute Gasteiger partial charge is 0.197 e. The fourth-order valence-corrected chi connectivity index (χ4v) is 4.68. The minimum absolute atomic E-state index is 0.180. The van der Waals surface area contributed by atoms with Crippen molar-refractivity contribution in [1.29, 1.82) is 0 Å². The number of benzene rings is 3. The molecule has 0 aliphatic heterocycles. The maximum Gasteiger partial charge on any atom is 0.197 e. The molecule has 4 nitrogen and oxygen atoms in total. The first-order chi connectivity index (χ1) is 14.2. The topological polar surface area (TPSA) is 44.0 Å². The molecule has 0 aliphatic rings. The Kier molecular flexibility index (Phi) is 4.35. The minimum atomic E-state index is -0.180. The number of pyridine rings is 2. The molecule has 8 heteroatoms. The van der Waals surface area contributed by atoms with Gasteiger partial charge in [-0.05, 0) is 36.4 Å². The lowest BCUT2D eigenvalue weighted by Gasteiger charge is -2.15. The van der Waals surface area contributed by atoms with Crippen LogP contribution in [0.3, 0.4) is 0 Å². The van der Waals surface area contributed by atoms with Gasteiger partial charge in [0.15, 0.2) is 10.9 Å². The van der Waals surface area contributed by atoms with Crippen LogP contribution in [-0.2, 0) is 14.1 Å². The van der Waals surface area contributed by atoms with Crippen molar-refractivity contribution >= 4 is 90.0 Å². The molecule has 5 aromatic rings. The molecular weight excluding hydrogens is 466 g/mol. The van der Waals surface area contributed by atoms with E-state index in [1.54, 1.807) is 36.4 Å². The van der Waals surface area contributed by atoms with E-state index >= 15 is 0 Å². The van der Waals surface area contributed by atoms with Gasteiger partial charge in [0.2, 0.25) is 0 Å². The molecule has 0 spiro atoms. The molecule has 0 atom stereocenters. The predicted octanol–water partition coefficient (Wildman–Crippen LogP) is 6.31. The summed E-state index contributed by atoms with van der Waals surface area (Å²) in [5.74, 6) is 0. The first kappa shape index (κ1) is 19.7. The van der Waals surface area contributed by atoms with Gasteiger partial charge in [-0.2, -0.15) is 0 Å². The molecule has 2 aromatic heterocycles. The summed E-state index contributed by atoms with van der Waals surface area (Å²) in [6.45, 7) is 0. The first-order valence-corrected chi connectivity index (χ1v) is 10.4. The van der Waals surface area contributed by atoms with Gasteiger partial charge in [-0.3, -0.25) is 9.59 Å². The van der Waals surface area contributed by atoms with E-state index in [1.807, 2.05) is 23.2 Å². The molecule has 0 bridgehead atoms. The summed E-state index contributed by atoms with van der Waals surface area (Å²) in [6, 6.07) is 9.93. The molecule has 0 aliphatic carbocycles. The highest BCUT2D eigenvalue weighted by Gasteiger charge is 2.16. The number of aryl methyl sites for hydroxylation is 2. The number of aromatic nitrogens is 2. The van der Waals surface area contributed by atoms with Crippen molar-refractivity contribution in [2.24, 2.45) is 14.1 Å². The fourth-order valence-electron chi connectivity index (χ4n) is 4.04. The molecule has 0 N–H and O–H groups in total. The number of nitrogens with zero attached hydrogens (tertiary/aromatic N) is 2. The SMILES string of the molecule is Cn1c2cc(Cl)c(Cl)cc2c(=O)c2cc3c(cc21)c(=O)c1cc(Cl)c(Cl)cc1n3C. The Morgan fingerprint density at radius 3 is 1.13 bits per heavy atom. The van der Waals surface area contributed by atoms with E-state index in [-0.39, 0.29) is 10.9 Å². The molecule has 30 heavy (non-hydrogen) atoms. The monoisotopic (exact) mass is 476 g/mol. The van der Waals surface area contributed by atoms with E-state index in [1.165, 1.54) is 0 Å². The maximum absolute atomic E-state index is 13.3. The van der Waals surface area contributed by atoms with Crippen LogP contribution in [0.2, 0.25) is 20.1 Å². The lowest BCUT2D eigenvalue weighted by Crippen LogP contribution is -2.13. The number of hydrogen-bond acceptors (Lipinski definition) is 2. The fraction of sp³-hybridized carbons (Fsp3) is 0.0909. The normalized spacial score (nSPS) is 11.9. The van der Waals surface area contributed by atoms with Gasteiger partial charge in [-0.25, -0.2) is 0 Å². The second kappa shape index (κ2) is 6.63. The van der Waals surface area contributed by atoms with Gasteiger partial charge >= 0.3 is 0 Å². The maximum atomic E-state index is 13.3. The Hall–Kier alpha value is -2.24. The molecule has 5 rings (SSSR count). The highest BCUT2D eigenvalue weighted by molar-refractivity contribution is 6.43. The van der Waals surface area contributed by atoms with Gasteiger partial charge in [0.25, 0.3) is 0 Å². The van der Waals surface area contributed by atoms with Crippen molar-refractivity contribution in [1.82, 2.24) is 9.13 Å². The Morgan fingerprint density at radius 2 is 0.767 bits per heavy atom. The summed E-state index contributed by atoms with van der Waals surface area (Å²) in [5.41, 5.74) is 2.15. The summed E-state index contributed by atoms with van der Waals surface area (Å²) in [4.78, 5) is 26.5. The van der Waals surface area contributed by atoms with Crippen molar-refractivity contribution in [3.8, 4) is 0 Å². The second-order valence-corrected chi connectivity index (χ2v) is 8.86. The minimum Gasteiger partial charge on any atom is -0.343 e. The largest absolute Gasteiger partial charge is 0.343 e. The summed E-state index contributed by atoms with van der Waals surface area (Å²) in [7, 11) is 3.64. The van der Waals surface area contributed by atoms with Crippen LogP contribution in [0, 0.1) is 0 Å². The zero-order valence-electron chi connectivity index (χ0n) is 15.7. The molecule has 0 radical (unpaired) electrons. The van der Waals surface area contributed by atoms with Crippen molar-refractivity contribution in [3.05, 3.63) is 76.9 Å². The van der Waals surface area contributed by atoms with Gasteiger partial charge < -0.3 is 9.13 Å². The summed E-state index contributed by atoms with van der Waals surface area (Å²) < 4.78 is 3.68. The highest BCUT2D eigenvalue weighted by Crippen LogP contribution is 2.31. The van der Waals surface area contributed by atoms with Gasteiger partial charge in [0.1, 0.15) is 0 Å². The third-order valence-corrected chi connectivity index (χ3v) is 7.06. The number of hydrogen-bond donors (Lipinski definition) is 0. The Labute approximate surface area is 189 Å². The molecule has 0 fully saturated rings. The summed E-state index contributed by atoms with van der Waals surface area (Å²) >= 11 is 24.6. The van der Waals surface area contributed by atoms with Crippen LogP contribution in [0.4, 0.5) is 0 Å². The van der Waals surface area contributed by atoms with Crippen LogP contribution in [-0.4, -0.2) is 9.13 Å². The van der Waals surface area contributed by atoms with Crippen LogP contribution >= 0.6 is 46.4 Å². The quantitative estimate of drug-likeness (QED) is 0.245. The Balaban J connectivity index is 2.06. The lowest BCUT2D eigenvalue weighted by atomic mass is 10.0. The molecule has 2 heterocycles. The van der Waals surface area contributed by atoms with E-state index in [4.69, 9.17) is 46.4 Å². The van der Waals surface area contributed by atoms with E-state index in [0.29, 0.717) is 63.7 Å². The second-order valence-electron chi connectivity index (χ2n) is 7.23. The number of rotatable bonds is 0. The average Bonchev–Trinajstić information content (AvgIpc) is 2.72. The number of halogens is 4. The van der Waals surface area contributed by atoms with Crippen molar-refractivity contribution < 1.29 is 0 Å². The average molecular weight is 478 g/mol. The zero-order valence-corrected chi connectivity index (χ0v) is 18.7. The molecule has 3 aromatic carbocycles. The van der Waals surface area contributed by atoms with Crippen LogP contribution in [0.1, 0.15) is 0 Å². The predicted molar refractivity (Wildman–Crippen MR) is 127 cm³/mol. The van der Waals surface area contributed by atoms with Crippen LogP contribution in [0.15, 0.2) is 46.0 Å². The molecule has 0 saturated carbocycles. The summed E-state index contributed by atoms with van der Waals surface area (Å²) in [6.07, 6.45) is 0. The van der Waals surface area contributed by atoms with Gasteiger partial charge in [-0.15, -0.1) is 0 Å². The van der Waals surface area contributed by atoms with E-state index in [9.17, 15) is 9.59 Å². The third kappa shape index (κ3) is 2.61. The standard InChI is InChI=1S/C22H12Cl4N2O2/c1-27-17-5-12-18(28(2)20-8-16(26)14(24)4-10(20)22(12)30)6-11(17)21(29)9-3-13(23)15(25)7-19(9)27/h3-8H,1-2H3. The van der Waals surface area contributed by atoms with Crippen LogP contribution in [0.25, 0.3) is 43.6 Å². The first-order valence-electron chi connectivity index (χ1n) is 8.92. The van der Waals surface area contributed by atoms with Gasteiger partial charge in [0.05, 0.1) is 42.2 Å². The third-order valence-electron chi connectivity index (χ3n) is 5.62. The Bertz CT molecular complexity index is 1570. The van der Waals surface area contributed by atoms with Crippen molar-refractivity contribution in [2.75, 3.05) is 0 Å². The molecule has 0 unspecified atom stereocenters. The Morgan fingerprint density at radius 1 is 0.500 bits per heavy atom. The van der Waals surface area contributed by atoms with E-state index < -0.39 is 0 Å². The number of fused-ring (bicyclic) bond motifs is 4. The van der Waals surface area contributed by atoms with Gasteiger partial charge in [0, 0.05) is 35.6 Å². The lowest BCUT2D eigenvalue weighted by molar-refractivity contribution is 0.994. The molecule has 0 saturated heterocycles. The molecule has 150 valence electrons. The van der Waals surface area contributed by atoms with E-state index in [2.05, 4.69) is 0 Å². The van der Waals surface area contributed by atoms with Crippen LogP contribution in [0.5, 0.6) is 0 Å². The molecular formula is C22H12Cl4N2O2. The van der Waals surface area contributed by atoms with Gasteiger partial charge in [-0.1, -0.05) is 46.4 Å². The van der Waals surface area contributed by atoms with Crippen molar-refractivity contribution in [2.45, 2.75) is 0 Å². The highest BCUT2D eigenvalue weighted by atomic mass is 35.5. The van der Waals surface area contributed by atoms with Crippen molar-refractivity contribution in [3.63, 3.8) is 0 Å². The summed E-state index contributed by atoms with van der Waals surface area (Å²) in [5, 5.41) is 3.20. The van der Waals surface area contributed by atoms with E-state index in [0.717, 1.165) is 0 Å². The van der Waals surface area contributed by atoms with Crippen LogP contribution < -0.4 is 10.9 Å². The zero-order chi connectivity index (χ0) is 21.5.